The fraction of sp³-hybridized carbons (Fsp3) is 0.278. The minimum absolute atomic E-state index is 0.770. The van der Waals surface area contributed by atoms with Gasteiger partial charge in [0, 0.05) is 11.9 Å². The van der Waals surface area contributed by atoms with Crippen LogP contribution in [-0.4, -0.2) is 14.2 Å². The number of benzene rings is 2. The topological polar surface area (TPSA) is 42.2 Å². The van der Waals surface area contributed by atoms with Crippen molar-refractivity contribution in [1.82, 2.24) is 0 Å². The van der Waals surface area contributed by atoms with Crippen LogP contribution in [0.2, 0.25) is 5.02 Å². The fourth-order valence-electron chi connectivity index (χ4n) is 2.12. The highest BCUT2D eigenvalue weighted by atomic mass is 35.5. The van der Waals surface area contributed by atoms with E-state index in [4.69, 9.17) is 26.3 Å². The van der Waals surface area contributed by atoms with E-state index >= 15 is 0 Å². The van der Waals surface area contributed by atoms with Crippen molar-refractivity contribution in [2.45, 2.75) is 19.8 Å². The molecule has 0 aliphatic rings. The smallest absolute Gasteiger partial charge is 0.163 e. The minimum Gasteiger partial charge on any atom is -0.493 e. The van der Waals surface area contributed by atoms with Crippen LogP contribution in [-0.2, 0) is 12.8 Å². The van der Waals surface area contributed by atoms with Crippen LogP contribution < -0.4 is 9.47 Å². The van der Waals surface area contributed by atoms with Gasteiger partial charge in [0.25, 0.3) is 0 Å². The largest absolute Gasteiger partial charge is 0.493 e. The van der Waals surface area contributed by atoms with Crippen LogP contribution in [0, 0.1) is 11.3 Å². The lowest BCUT2D eigenvalue weighted by Crippen LogP contribution is -1.98. The molecule has 0 atom stereocenters. The Balaban J connectivity index is 0.000000745. The third-order valence-electron chi connectivity index (χ3n) is 3.06. The van der Waals surface area contributed by atoms with Crippen molar-refractivity contribution >= 4 is 11.6 Å². The molecule has 0 aliphatic heterocycles. The fourth-order valence-corrected chi connectivity index (χ4v) is 2.33. The number of ether oxygens (including phenoxy) is 2. The molecule has 0 fully saturated rings. The van der Waals surface area contributed by atoms with Gasteiger partial charge in [-0.1, -0.05) is 35.9 Å². The van der Waals surface area contributed by atoms with E-state index in [9.17, 15) is 0 Å². The normalized spacial score (nSPS) is 9.23. The number of hydrogen-bond acceptors (Lipinski definition) is 3. The Bertz CT molecular complexity index is 635. The highest BCUT2D eigenvalue weighted by molar-refractivity contribution is 6.30. The minimum atomic E-state index is 0.770. The van der Waals surface area contributed by atoms with E-state index in [0.717, 1.165) is 34.9 Å². The van der Waals surface area contributed by atoms with E-state index in [2.05, 4.69) is 12.1 Å². The second-order valence-electron chi connectivity index (χ2n) is 4.51. The zero-order valence-corrected chi connectivity index (χ0v) is 13.9. The van der Waals surface area contributed by atoms with E-state index in [1.807, 2.05) is 30.3 Å². The maximum atomic E-state index is 7.32. The Morgan fingerprint density at radius 2 is 1.73 bits per heavy atom. The molecule has 4 heteroatoms. The molecule has 3 nitrogen and oxygen atoms in total. The van der Waals surface area contributed by atoms with Gasteiger partial charge in [0.05, 0.1) is 20.3 Å². The van der Waals surface area contributed by atoms with Crippen molar-refractivity contribution in [1.29, 1.82) is 5.26 Å². The summed E-state index contributed by atoms with van der Waals surface area (Å²) in [4.78, 5) is 0. The molecule has 2 aromatic rings. The molecular weight excluding hydrogens is 298 g/mol. The van der Waals surface area contributed by atoms with Gasteiger partial charge in [-0.25, -0.2) is 0 Å². The van der Waals surface area contributed by atoms with Crippen molar-refractivity contribution in [3.63, 3.8) is 0 Å². The van der Waals surface area contributed by atoms with Crippen LogP contribution in [0.3, 0.4) is 0 Å². The van der Waals surface area contributed by atoms with Gasteiger partial charge in [-0.3, -0.25) is 0 Å². The molecule has 0 saturated carbocycles. The average molecular weight is 318 g/mol. The Morgan fingerprint density at radius 1 is 1.05 bits per heavy atom. The number of methoxy groups -OCH3 is 2. The summed E-state index contributed by atoms with van der Waals surface area (Å²) in [6, 6.07) is 15.6. The lowest BCUT2D eigenvalue weighted by molar-refractivity contribution is 0.351. The molecule has 0 amide bonds. The number of para-hydroxylation sites is 1. The van der Waals surface area contributed by atoms with Gasteiger partial charge in [-0.05, 0) is 42.2 Å². The highest BCUT2D eigenvalue weighted by Crippen LogP contribution is 2.31. The Kier molecular flexibility index (Phi) is 7.88. The summed E-state index contributed by atoms with van der Waals surface area (Å²) < 4.78 is 10.7. The summed E-state index contributed by atoms with van der Waals surface area (Å²) in [6.45, 7) is 1.43. The molecule has 0 radical (unpaired) electrons. The molecule has 0 bridgehead atoms. The van der Waals surface area contributed by atoms with Crippen molar-refractivity contribution in [3.8, 4) is 17.6 Å². The van der Waals surface area contributed by atoms with Gasteiger partial charge in [0.2, 0.25) is 0 Å². The Hall–Kier alpha value is -2.18. The first kappa shape index (κ1) is 17.9. The van der Waals surface area contributed by atoms with E-state index in [-0.39, 0.29) is 0 Å². The molecule has 0 unspecified atom stereocenters. The first-order chi connectivity index (χ1) is 10.7. The van der Waals surface area contributed by atoms with Crippen molar-refractivity contribution < 1.29 is 9.47 Å². The van der Waals surface area contributed by atoms with Crippen molar-refractivity contribution in [3.05, 3.63) is 58.6 Å². The highest BCUT2D eigenvalue weighted by Gasteiger charge is 2.09. The van der Waals surface area contributed by atoms with E-state index in [1.54, 1.807) is 20.3 Å². The third kappa shape index (κ3) is 5.31. The second-order valence-corrected chi connectivity index (χ2v) is 4.94. The number of nitriles is 1. The van der Waals surface area contributed by atoms with E-state index < -0.39 is 0 Å². The van der Waals surface area contributed by atoms with Gasteiger partial charge in [0.15, 0.2) is 11.5 Å². The zero-order chi connectivity index (χ0) is 16.4. The summed E-state index contributed by atoms with van der Waals surface area (Å²) in [6.07, 6.45) is 1.81. The van der Waals surface area contributed by atoms with Crippen LogP contribution in [0.4, 0.5) is 0 Å². The molecule has 0 aliphatic carbocycles. The number of rotatable bonds is 5. The molecule has 2 aromatic carbocycles. The molecular formula is C18H20ClNO2. The lowest BCUT2D eigenvalue weighted by atomic mass is 10.0. The maximum absolute atomic E-state index is 7.32. The first-order valence-corrected chi connectivity index (χ1v) is 7.29. The molecule has 2 rings (SSSR count). The third-order valence-corrected chi connectivity index (χ3v) is 3.29. The quantitative estimate of drug-likeness (QED) is 0.804. The number of hydrogen-bond donors (Lipinski definition) is 0. The van der Waals surface area contributed by atoms with Crippen LogP contribution >= 0.6 is 11.6 Å². The molecule has 0 spiro atoms. The van der Waals surface area contributed by atoms with E-state index in [0.29, 0.717) is 0 Å². The lowest BCUT2D eigenvalue weighted by Gasteiger charge is -2.12. The second kappa shape index (κ2) is 9.70. The number of halogens is 1. The van der Waals surface area contributed by atoms with Crippen LogP contribution in [0.25, 0.3) is 0 Å². The van der Waals surface area contributed by atoms with E-state index in [1.165, 1.54) is 12.5 Å². The molecule has 22 heavy (non-hydrogen) atoms. The van der Waals surface area contributed by atoms with Crippen molar-refractivity contribution in [2.75, 3.05) is 14.2 Å². The predicted octanol–water partition coefficient (Wildman–Crippen LogP) is 4.67. The standard InChI is InChI=1S/C16H17ClO2.C2H3N/c1-18-15-8-4-6-13(16(15)19-2)10-9-12-5-3-7-14(17)11-12;1-2-3/h3-8,11H,9-10H2,1-2H3;1H3. The Labute approximate surface area is 137 Å². The SMILES string of the molecule is CC#N.COc1cccc(CCc2cccc(Cl)c2)c1OC. The molecule has 0 heterocycles. The zero-order valence-electron chi connectivity index (χ0n) is 13.1. The van der Waals surface area contributed by atoms with Crippen LogP contribution in [0.5, 0.6) is 11.5 Å². The molecule has 116 valence electrons. The van der Waals surface area contributed by atoms with Gasteiger partial charge in [-0.2, -0.15) is 5.26 Å². The van der Waals surface area contributed by atoms with Gasteiger partial charge in [-0.15, -0.1) is 0 Å². The molecule has 0 N–H and O–H groups in total. The average Bonchev–Trinajstić information content (AvgIpc) is 2.53. The summed E-state index contributed by atoms with van der Waals surface area (Å²) in [5.74, 6) is 1.58. The molecule has 0 aromatic heterocycles. The molecule has 0 saturated heterocycles. The monoisotopic (exact) mass is 317 g/mol. The van der Waals surface area contributed by atoms with Crippen LogP contribution in [0.15, 0.2) is 42.5 Å². The summed E-state index contributed by atoms with van der Waals surface area (Å²) in [5, 5.41) is 8.09. The van der Waals surface area contributed by atoms with Gasteiger partial charge < -0.3 is 9.47 Å². The summed E-state index contributed by atoms with van der Waals surface area (Å²) in [5.41, 5.74) is 2.36. The summed E-state index contributed by atoms with van der Waals surface area (Å²) >= 11 is 5.99. The number of aryl methyl sites for hydroxylation is 2. The van der Waals surface area contributed by atoms with Gasteiger partial charge >= 0.3 is 0 Å². The maximum Gasteiger partial charge on any atom is 0.163 e. The number of nitrogens with zero attached hydrogens (tertiary/aromatic N) is 1. The van der Waals surface area contributed by atoms with Gasteiger partial charge in [0.1, 0.15) is 0 Å². The Morgan fingerprint density at radius 3 is 2.32 bits per heavy atom. The van der Waals surface area contributed by atoms with Crippen LogP contribution in [0.1, 0.15) is 18.1 Å². The predicted molar refractivity (Wildman–Crippen MR) is 89.7 cm³/mol. The first-order valence-electron chi connectivity index (χ1n) is 6.91. The summed E-state index contributed by atoms with van der Waals surface area (Å²) in [7, 11) is 3.32. The van der Waals surface area contributed by atoms with Crippen molar-refractivity contribution in [2.24, 2.45) is 0 Å².